The maximum Gasteiger partial charge on any atom is 0.151 e. The third kappa shape index (κ3) is 1.08. The minimum atomic E-state index is -2.84. The zero-order chi connectivity index (χ0) is 8.82. The van der Waals surface area contributed by atoms with E-state index in [0.717, 1.165) is 0 Å². The quantitative estimate of drug-likeness (QED) is 0.577. The van der Waals surface area contributed by atoms with Crippen molar-refractivity contribution in [3.05, 3.63) is 0 Å². The molecule has 2 N–H and O–H groups in total. The van der Waals surface area contributed by atoms with Gasteiger partial charge in [-0.2, -0.15) is 0 Å². The van der Waals surface area contributed by atoms with E-state index in [1.807, 2.05) is 0 Å². The number of fused-ring (bicyclic) bond motifs is 1. The third-order valence-corrected chi connectivity index (χ3v) is 4.87. The van der Waals surface area contributed by atoms with Crippen LogP contribution in [0.1, 0.15) is 0 Å². The van der Waals surface area contributed by atoms with Crippen molar-refractivity contribution in [3.63, 3.8) is 0 Å². The first-order valence-corrected chi connectivity index (χ1v) is 5.88. The van der Waals surface area contributed by atoms with Crippen LogP contribution in [-0.4, -0.2) is 39.7 Å². The van der Waals surface area contributed by atoms with Crippen LogP contribution in [0.5, 0.6) is 0 Å². The summed E-state index contributed by atoms with van der Waals surface area (Å²) in [5.41, 5.74) is 5.34. The summed E-state index contributed by atoms with van der Waals surface area (Å²) in [7, 11) is -2.84. The van der Waals surface area contributed by atoms with Crippen molar-refractivity contribution < 1.29 is 13.2 Å². The van der Waals surface area contributed by atoms with Gasteiger partial charge in [0.25, 0.3) is 0 Å². The molecule has 0 unspecified atom stereocenters. The Kier molecular flexibility index (Phi) is 1.72. The smallest absolute Gasteiger partial charge is 0.151 e. The van der Waals surface area contributed by atoms with Gasteiger partial charge in [0.15, 0.2) is 9.84 Å². The highest BCUT2D eigenvalue weighted by Crippen LogP contribution is 2.41. The molecule has 70 valence electrons. The van der Waals surface area contributed by atoms with Crippen molar-refractivity contribution in [2.75, 3.05) is 31.3 Å². The number of hydrogen-bond acceptors (Lipinski definition) is 4. The van der Waals surface area contributed by atoms with Gasteiger partial charge in [-0.25, -0.2) is 8.42 Å². The fourth-order valence-electron chi connectivity index (χ4n) is 2.17. The van der Waals surface area contributed by atoms with Crippen molar-refractivity contribution >= 4 is 9.84 Å². The number of ether oxygens (including phenoxy) is 1. The first-order valence-electron chi connectivity index (χ1n) is 4.06. The summed E-state index contributed by atoms with van der Waals surface area (Å²) in [5.74, 6) is 0.637. The Hall–Kier alpha value is -0.130. The molecule has 2 saturated heterocycles. The maximum absolute atomic E-state index is 11.3. The second kappa shape index (κ2) is 2.43. The van der Waals surface area contributed by atoms with Crippen LogP contribution < -0.4 is 5.73 Å². The lowest BCUT2D eigenvalue weighted by molar-refractivity contribution is 0.163. The van der Waals surface area contributed by atoms with Gasteiger partial charge >= 0.3 is 0 Å². The molecule has 0 aromatic carbocycles. The lowest BCUT2D eigenvalue weighted by Crippen LogP contribution is -2.37. The molecule has 2 aliphatic heterocycles. The highest BCUT2D eigenvalue weighted by atomic mass is 32.2. The van der Waals surface area contributed by atoms with E-state index in [1.165, 1.54) is 0 Å². The van der Waals surface area contributed by atoms with E-state index in [2.05, 4.69) is 0 Å². The molecule has 2 heterocycles. The Morgan fingerprint density at radius 1 is 1.58 bits per heavy atom. The summed E-state index contributed by atoms with van der Waals surface area (Å²) >= 11 is 0. The lowest BCUT2D eigenvalue weighted by Gasteiger charge is -2.22. The van der Waals surface area contributed by atoms with Crippen molar-refractivity contribution in [1.29, 1.82) is 0 Å². The molecule has 12 heavy (non-hydrogen) atoms. The predicted molar refractivity (Wildman–Crippen MR) is 44.5 cm³/mol. The fraction of sp³-hybridized carbons (Fsp3) is 1.00. The van der Waals surface area contributed by atoms with Gasteiger partial charge in [0.05, 0.1) is 24.7 Å². The lowest BCUT2D eigenvalue weighted by atomic mass is 9.81. The molecule has 0 radical (unpaired) electrons. The average molecular weight is 191 g/mol. The maximum atomic E-state index is 11.3. The van der Waals surface area contributed by atoms with E-state index >= 15 is 0 Å². The molecule has 0 aliphatic carbocycles. The summed E-state index contributed by atoms with van der Waals surface area (Å²) in [6.07, 6.45) is 0. The SMILES string of the molecule is NC[C@]12COC[C@@H]1CS(=O)(=O)C2. The minimum Gasteiger partial charge on any atom is -0.380 e. The largest absolute Gasteiger partial charge is 0.380 e. The molecule has 4 nitrogen and oxygen atoms in total. The highest BCUT2D eigenvalue weighted by molar-refractivity contribution is 7.91. The molecular weight excluding hydrogens is 178 g/mol. The van der Waals surface area contributed by atoms with Gasteiger partial charge in [-0.15, -0.1) is 0 Å². The molecule has 5 heteroatoms. The van der Waals surface area contributed by atoms with Gasteiger partial charge < -0.3 is 10.5 Å². The molecule has 0 spiro atoms. The van der Waals surface area contributed by atoms with E-state index in [9.17, 15) is 8.42 Å². The van der Waals surface area contributed by atoms with Crippen molar-refractivity contribution in [3.8, 4) is 0 Å². The Morgan fingerprint density at radius 2 is 2.33 bits per heavy atom. The highest BCUT2D eigenvalue weighted by Gasteiger charge is 2.52. The zero-order valence-electron chi connectivity index (χ0n) is 6.82. The van der Waals surface area contributed by atoms with Crippen LogP contribution in [0, 0.1) is 11.3 Å². The molecule has 2 fully saturated rings. The standard InChI is InChI=1S/C7H13NO3S/c8-3-7-4-11-1-6(7)2-12(9,10)5-7/h6H,1-5,8H2/t6-,7-/m1/s1. The van der Waals surface area contributed by atoms with Crippen LogP contribution in [0.15, 0.2) is 0 Å². The molecule has 2 rings (SSSR count). The zero-order valence-corrected chi connectivity index (χ0v) is 7.64. The Morgan fingerprint density at radius 3 is 2.92 bits per heavy atom. The Bertz CT molecular complexity index is 287. The number of hydrogen-bond donors (Lipinski definition) is 1. The Balaban J connectivity index is 2.32. The second-order valence-electron chi connectivity index (χ2n) is 3.83. The molecule has 0 aromatic rings. The predicted octanol–water partition coefficient (Wildman–Crippen LogP) is -0.994. The van der Waals surface area contributed by atoms with Crippen LogP contribution in [0.3, 0.4) is 0 Å². The normalized spacial score (nSPS) is 44.6. The van der Waals surface area contributed by atoms with E-state index < -0.39 is 9.84 Å². The Labute approximate surface area is 72.0 Å². The van der Waals surface area contributed by atoms with Crippen molar-refractivity contribution in [2.24, 2.45) is 17.1 Å². The van der Waals surface area contributed by atoms with Crippen LogP contribution in [0.2, 0.25) is 0 Å². The topological polar surface area (TPSA) is 69.4 Å². The second-order valence-corrected chi connectivity index (χ2v) is 5.94. The number of rotatable bonds is 1. The van der Waals surface area contributed by atoms with Gasteiger partial charge in [-0.3, -0.25) is 0 Å². The number of sulfone groups is 1. The van der Waals surface area contributed by atoms with Crippen LogP contribution in [0.4, 0.5) is 0 Å². The molecule has 0 bridgehead atoms. The molecule has 2 atom stereocenters. The van der Waals surface area contributed by atoms with Crippen molar-refractivity contribution in [2.45, 2.75) is 0 Å². The molecule has 0 aromatic heterocycles. The average Bonchev–Trinajstić information content (AvgIpc) is 2.40. The fourth-order valence-corrected chi connectivity index (χ4v) is 4.66. The van der Waals surface area contributed by atoms with Gasteiger partial charge in [-0.05, 0) is 0 Å². The van der Waals surface area contributed by atoms with E-state index in [4.69, 9.17) is 10.5 Å². The molecule has 2 aliphatic rings. The van der Waals surface area contributed by atoms with E-state index in [0.29, 0.717) is 19.8 Å². The van der Waals surface area contributed by atoms with Crippen LogP contribution in [0.25, 0.3) is 0 Å². The summed E-state index contributed by atoms with van der Waals surface area (Å²) in [4.78, 5) is 0. The number of nitrogens with two attached hydrogens (primary N) is 1. The van der Waals surface area contributed by atoms with Crippen LogP contribution in [-0.2, 0) is 14.6 Å². The van der Waals surface area contributed by atoms with Gasteiger partial charge in [0, 0.05) is 17.9 Å². The van der Waals surface area contributed by atoms with E-state index in [-0.39, 0.29) is 22.8 Å². The van der Waals surface area contributed by atoms with Gasteiger partial charge in [0.2, 0.25) is 0 Å². The summed E-state index contributed by atoms with van der Waals surface area (Å²) < 4.78 is 27.8. The first kappa shape index (κ1) is 8.47. The summed E-state index contributed by atoms with van der Waals surface area (Å²) in [5, 5.41) is 0. The molecular formula is C7H13NO3S. The molecule has 0 saturated carbocycles. The first-order chi connectivity index (χ1) is 5.58. The monoisotopic (exact) mass is 191 g/mol. The van der Waals surface area contributed by atoms with E-state index in [1.54, 1.807) is 0 Å². The van der Waals surface area contributed by atoms with Crippen molar-refractivity contribution in [1.82, 2.24) is 0 Å². The minimum absolute atomic E-state index is 0.146. The summed E-state index contributed by atoms with van der Waals surface area (Å²) in [6, 6.07) is 0. The van der Waals surface area contributed by atoms with Gasteiger partial charge in [-0.1, -0.05) is 0 Å². The van der Waals surface area contributed by atoms with Gasteiger partial charge in [0.1, 0.15) is 0 Å². The van der Waals surface area contributed by atoms with Crippen LogP contribution >= 0.6 is 0 Å². The molecule has 0 amide bonds. The third-order valence-electron chi connectivity index (χ3n) is 2.94. The summed E-state index contributed by atoms with van der Waals surface area (Å²) in [6.45, 7) is 1.51.